The van der Waals surface area contributed by atoms with Crippen LogP contribution in [0.4, 0.5) is 0 Å². The maximum Gasteiger partial charge on any atom is 0.303 e. The Labute approximate surface area is 207 Å². The molecule has 0 rings (SSSR count). The monoisotopic (exact) mass is 468 g/mol. The van der Waals surface area contributed by atoms with E-state index in [-0.39, 0.29) is 0 Å². The van der Waals surface area contributed by atoms with Crippen molar-refractivity contribution in [1.82, 2.24) is 0 Å². The van der Waals surface area contributed by atoms with Crippen molar-refractivity contribution in [2.45, 2.75) is 174 Å². The van der Waals surface area contributed by atoms with E-state index in [4.69, 9.17) is 9.84 Å². The fraction of sp³-hybridized carbons (Fsp3) is 0.967. The van der Waals surface area contributed by atoms with Gasteiger partial charge in [0.15, 0.2) is 0 Å². The molecule has 198 valence electrons. The third kappa shape index (κ3) is 31.4. The van der Waals surface area contributed by atoms with E-state index in [2.05, 4.69) is 6.92 Å². The van der Waals surface area contributed by atoms with E-state index in [1.54, 1.807) is 0 Å². The number of carbonyl (C=O) groups is 1. The second-order valence-electron chi connectivity index (χ2n) is 10.2. The number of aliphatic carboxylic acids is 1. The molecule has 0 aliphatic heterocycles. The molecule has 0 saturated heterocycles. The molecule has 3 nitrogen and oxygen atoms in total. The summed E-state index contributed by atoms with van der Waals surface area (Å²) in [5.74, 6) is -0.660. The Balaban J connectivity index is 3.01. The van der Waals surface area contributed by atoms with E-state index in [9.17, 15) is 4.79 Å². The van der Waals surface area contributed by atoms with Gasteiger partial charge >= 0.3 is 5.97 Å². The average Bonchev–Trinajstić information content (AvgIpc) is 2.80. The van der Waals surface area contributed by atoms with Crippen molar-refractivity contribution < 1.29 is 14.6 Å². The smallest absolute Gasteiger partial charge is 0.303 e. The highest BCUT2D eigenvalue weighted by atomic mass is 16.5. The Bertz CT molecular complexity index is 370. The average molecular weight is 469 g/mol. The lowest BCUT2D eigenvalue weighted by molar-refractivity contribution is -0.137. The number of ether oxygens (including phenoxy) is 1. The first-order valence-electron chi connectivity index (χ1n) is 15.1. The molecule has 3 heteroatoms. The molecule has 0 aliphatic carbocycles. The van der Waals surface area contributed by atoms with Crippen LogP contribution >= 0.6 is 0 Å². The summed E-state index contributed by atoms with van der Waals surface area (Å²) in [7, 11) is 0. The number of carboxylic acids is 1. The summed E-state index contributed by atoms with van der Waals surface area (Å²) in [6.07, 6.45) is 33.8. The summed E-state index contributed by atoms with van der Waals surface area (Å²) >= 11 is 0. The second-order valence-corrected chi connectivity index (χ2v) is 10.2. The normalized spacial score (nSPS) is 11.3. The molecule has 0 fully saturated rings. The molecule has 0 radical (unpaired) electrons. The quantitative estimate of drug-likeness (QED) is 0.111. The zero-order chi connectivity index (χ0) is 24.1. The third-order valence-electron chi connectivity index (χ3n) is 6.82. The molecule has 0 atom stereocenters. The molecule has 33 heavy (non-hydrogen) atoms. The van der Waals surface area contributed by atoms with E-state index in [1.165, 1.54) is 148 Å². The summed E-state index contributed by atoms with van der Waals surface area (Å²) in [4.78, 5) is 10.4. The Morgan fingerprint density at radius 3 is 1.03 bits per heavy atom. The molecule has 0 spiro atoms. The van der Waals surface area contributed by atoms with Crippen LogP contribution in [0.2, 0.25) is 0 Å². The molecule has 0 heterocycles. The Kier molecular flexibility index (Phi) is 29.0. The summed E-state index contributed by atoms with van der Waals surface area (Å²) < 4.78 is 5.80. The maximum absolute atomic E-state index is 10.4. The number of rotatable bonds is 29. The Morgan fingerprint density at radius 1 is 0.455 bits per heavy atom. The molecule has 0 aliphatic rings. The second kappa shape index (κ2) is 29.5. The Hall–Kier alpha value is -0.570. The van der Waals surface area contributed by atoms with Crippen LogP contribution in [0.15, 0.2) is 0 Å². The van der Waals surface area contributed by atoms with Crippen molar-refractivity contribution in [2.24, 2.45) is 0 Å². The first kappa shape index (κ1) is 32.4. The van der Waals surface area contributed by atoms with Crippen LogP contribution in [0.5, 0.6) is 0 Å². The Morgan fingerprint density at radius 2 is 0.727 bits per heavy atom. The van der Waals surface area contributed by atoms with Gasteiger partial charge in [0.25, 0.3) is 0 Å². The fourth-order valence-corrected chi connectivity index (χ4v) is 4.57. The minimum absolute atomic E-state index is 0.333. The minimum Gasteiger partial charge on any atom is -0.481 e. The van der Waals surface area contributed by atoms with Crippen molar-refractivity contribution in [3.05, 3.63) is 0 Å². The van der Waals surface area contributed by atoms with E-state index < -0.39 is 5.97 Å². The van der Waals surface area contributed by atoms with Gasteiger partial charge in [0, 0.05) is 19.6 Å². The van der Waals surface area contributed by atoms with Gasteiger partial charge in [0.05, 0.1) is 0 Å². The van der Waals surface area contributed by atoms with Gasteiger partial charge in [-0.2, -0.15) is 0 Å². The summed E-state index contributed by atoms with van der Waals surface area (Å²) in [5, 5.41) is 8.60. The standard InChI is InChI=1S/C30H60O3/c1-2-3-4-5-6-7-8-9-10-11-12-13-16-19-22-25-28-33-29-26-23-20-17-14-15-18-21-24-27-30(31)32/h2-29H2,1H3,(H,31,32). The van der Waals surface area contributed by atoms with E-state index in [1.807, 2.05) is 0 Å². The van der Waals surface area contributed by atoms with Gasteiger partial charge in [-0.3, -0.25) is 4.79 Å². The van der Waals surface area contributed by atoms with Gasteiger partial charge < -0.3 is 9.84 Å². The summed E-state index contributed by atoms with van der Waals surface area (Å²) in [5.41, 5.74) is 0. The molecule has 1 N–H and O–H groups in total. The van der Waals surface area contributed by atoms with Crippen LogP contribution in [0.25, 0.3) is 0 Å². The van der Waals surface area contributed by atoms with Gasteiger partial charge in [-0.15, -0.1) is 0 Å². The van der Waals surface area contributed by atoms with Crippen molar-refractivity contribution in [3.63, 3.8) is 0 Å². The van der Waals surface area contributed by atoms with Crippen LogP contribution in [0, 0.1) is 0 Å². The van der Waals surface area contributed by atoms with E-state index in [0.717, 1.165) is 26.1 Å². The molecule has 0 unspecified atom stereocenters. The van der Waals surface area contributed by atoms with Crippen LogP contribution in [0.3, 0.4) is 0 Å². The first-order valence-corrected chi connectivity index (χ1v) is 15.1. The van der Waals surface area contributed by atoms with E-state index >= 15 is 0 Å². The van der Waals surface area contributed by atoms with Crippen molar-refractivity contribution in [1.29, 1.82) is 0 Å². The lowest BCUT2D eigenvalue weighted by atomic mass is 10.0. The molecular formula is C30H60O3. The fourth-order valence-electron chi connectivity index (χ4n) is 4.57. The lowest BCUT2D eigenvalue weighted by Crippen LogP contribution is -1.97. The number of unbranched alkanes of at least 4 members (excludes halogenated alkanes) is 23. The zero-order valence-corrected chi connectivity index (χ0v) is 22.6. The van der Waals surface area contributed by atoms with Crippen molar-refractivity contribution >= 4 is 5.97 Å². The molecule has 0 saturated carbocycles. The summed E-state index contributed by atoms with van der Waals surface area (Å²) in [6.45, 7) is 4.18. The van der Waals surface area contributed by atoms with Crippen LogP contribution in [-0.2, 0) is 9.53 Å². The number of hydrogen-bond donors (Lipinski definition) is 1. The molecule has 0 amide bonds. The van der Waals surface area contributed by atoms with E-state index in [0.29, 0.717) is 6.42 Å². The van der Waals surface area contributed by atoms with Crippen LogP contribution < -0.4 is 0 Å². The highest BCUT2D eigenvalue weighted by molar-refractivity contribution is 5.66. The zero-order valence-electron chi connectivity index (χ0n) is 22.6. The predicted molar refractivity (Wildman–Crippen MR) is 144 cm³/mol. The molecule has 0 bridgehead atoms. The number of carboxylic acid groups (broad SMARTS) is 1. The molecule has 0 aromatic carbocycles. The van der Waals surface area contributed by atoms with Crippen molar-refractivity contribution in [2.75, 3.05) is 13.2 Å². The van der Waals surface area contributed by atoms with Gasteiger partial charge in [-0.05, 0) is 19.3 Å². The van der Waals surface area contributed by atoms with Crippen molar-refractivity contribution in [3.8, 4) is 0 Å². The highest BCUT2D eigenvalue weighted by Gasteiger charge is 1.98. The minimum atomic E-state index is -0.660. The lowest BCUT2D eigenvalue weighted by Gasteiger charge is -2.05. The third-order valence-corrected chi connectivity index (χ3v) is 6.82. The predicted octanol–water partition coefficient (Wildman–Crippen LogP) is 10.3. The van der Waals surface area contributed by atoms with Crippen LogP contribution in [0.1, 0.15) is 174 Å². The van der Waals surface area contributed by atoms with Gasteiger partial charge in [0.2, 0.25) is 0 Å². The molecule has 0 aromatic heterocycles. The summed E-state index contributed by atoms with van der Waals surface area (Å²) in [6, 6.07) is 0. The van der Waals surface area contributed by atoms with Gasteiger partial charge in [-0.1, -0.05) is 148 Å². The molecular weight excluding hydrogens is 408 g/mol. The largest absolute Gasteiger partial charge is 0.481 e. The first-order chi connectivity index (χ1) is 16.3. The number of hydrogen-bond acceptors (Lipinski definition) is 2. The van der Waals surface area contributed by atoms with Gasteiger partial charge in [0.1, 0.15) is 0 Å². The van der Waals surface area contributed by atoms with Crippen LogP contribution in [-0.4, -0.2) is 24.3 Å². The highest BCUT2D eigenvalue weighted by Crippen LogP contribution is 2.14. The topological polar surface area (TPSA) is 46.5 Å². The van der Waals surface area contributed by atoms with Gasteiger partial charge in [-0.25, -0.2) is 0 Å². The maximum atomic E-state index is 10.4. The SMILES string of the molecule is CCCCCCCCCCCCCCCCCCOCCCCCCCCCCCC(=O)O. The molecule has 0 aromatic rings.